The van der Waals surface area contributed by atoms with E-state index in [2.05, 4.69) is 49.8 Å². The number of aromatic nitrogens is 1. The van der Waals surface area contributed by atoms with Crippen molar-refractivity contribution in [1.82, 2.24) is 10.3 Å². The van der Waals surface area contributed by atoms with Gasteiger partial charge in [0, 0.05) is 36.9 Å². The summed E-state index contributed by atoms with van der Waals surface area (Å²) in [5.41, 5.74) is 0.671. The second-order valence-corrected chi connectivity index (χ2v) is 7.56. The van der Waals surface area contributed by atoms with E-state index in [-0.39, 0.29) is 11.4 Å². The first-order chi connectivity index (χ1) is 9.76. The van der Waals surface area contributed by atoms with E-state index in [1.54, 1.807) is 12.3 Å². The lowest BCUT2D eigenvalue weighted by Crippen LogP contribution is -2.40. The summed E-state index contributed by atoms with van der Waals surface area (Å²) in [6.07, 6.45) is 2.94. The molecule has 1 fully saturated rings. The van der Waals surface area contributed by atoms with Gasteiger partial charge in [0.25, 0.3) is 0 Å². The van der Waals surface area contributed by atoms with Crippen molar-refractivity contribution in [2.24, 2.45) is 11.8 Å². The van der Waals surface area contributed by atoms with Gasteiger partial charge in [-0.05, 0) is 45.1 Å². The molecular weight excluding hydrogens is 265 g/mol. The maximum absolute atomic E-state index is 14.7. The van der Waals surface area contributed by atoms with Crippen molar-refractivity contribution < 1.29 is 4.39 Å². The second kappa shape index (κ2) is 6.30. The van der Waals surface area contributed by atoms with Gasteiger partial charge >= 0.3 is 0 Å². The van der Waals surface area contributed by atoms with Crippen LogP contribution >= 0.6 is 0 Å². The zero-order valence-electron chi connectivity index (χ0n) is 13.9. The standard InChI is InChI=1S/C17H28FN3/c1-12-8-13(2)11-21(10-12)16-15(18)14(6-7-19-16)9-20-17(3,4)5/h6-7,12-13,20H,8-11H2,1-5H3. The minimum Gasteiger partial charge on any atom is -0.354 e. The third-order valence-electron chi connectivity index (χ3n) is 3.93. The van der Waals surface area contributed by atoms with Crippen LogP contribution in [0.15, 0.2) is 12.3 Å². The SMILES string of the molecule is CC1CC(C)CN(c2nccc(CNC(C)(C)C)c2F)C1. The molecule has 2 heterocycles. The summed E-state index contributed by atoms with van der Waals surface area (Å²) in [6.45, 7) is 13.0. The number of halogens is 1. The molecular formula is C17H28FN3. The first kappa shape index (κ1) is 16.2. The Morgan fingerprint density at radius 3 is 2.48 bits per heavy atom. The highest BCUT2D eigenvalue weighted by Crippen LogP contribution is 2.27. The Balaban J connectivity index is 2.17. The molecule has 0 amide bonds. The molecule has 2 rings (SSSR count). The van der Waals surface area contributed by atoms with Crippen molar-refractivity contribution in [3.63, 3.8) is 0 Å². The summed E-state index contributed by atoms with van der Waals surface area (Å²) < 4.78 is 14.7. The number of anilines is 1. The van der Waals surface area contributed by atoms with Gasteiger partial charge in [-0.25, -0.2) is 9.37 Å². The monoisotopic (exact) mass is 293 g/mol. The van der Waals surface area contributed by atoms with Crippen LogP contribution in [0.1, 0.15) is 46.6 Å². The fourth-order valence-electron chi connectivity index (χ4n) is 3.02. The molecule has 1 aromatic rings. The Hall–Kier alpha value is -1.16. The largest absolute Gasteiger partial charge is 0.354 e. The average molecular weight is 293 g/mol. The normalized spacial score (nSPS) is 23.4. The zero-order valence-corrected chi connectivity index (χ0v) is 13.9. The predicted molar refractivity (Wildman–Crippen MR) is 85.9 cm³/mol. The van der Waals surface area contributed by atoms with E-state index in [1.807, 2.05) is 0 Å². The Morgan fingerprint density at radius 1 is 1.29 bits per heavy atom. The van der Waals surface area contributed by atoms with Crippen molar-refractivity contribution in [3.05, 3.63) is 23.6 Å². The highest BCUT2D eigenvalue weighted by molar-refractivity contribution is 5.43. The Bertz CT molecular complexity index is 471. The number of pyridine rings is 1. The minimum absolute atomic E-state index is 0.0238. The lowest BCUT2D eigenvalue weighted by atomic mass is 9.92. The van der Waals surface area contributed by atoms with E-state index in [1.165, 1.54) is 6.42 Å². The summed E-state index contributed by atoms with van der Waals surface area (Å²) in [4.78, 5) is 6.40. The summed E-state index contributed by atoms with van der Waals surface area (Å²) in [7, 11) is 0. The number of nitrogens with zero attached hydrogens (tertiary/aromatic N) is 2. The van der Waals surface area contributed by atoms with Gasteiger partial charge in [-0.2, -0.15) is 0 Å². The van der Waals surface area contributed by atoms with Crippen LogP contribution in [0.5, 0.6) is 0 Å². The van der Waals surface area contributed by atoms with Crippen LogP contribution in [0.25, 0.3) is 0 Å². The molecule has 0 bridgehead atoms. The van der Waals surface area contributed by atoms with Gasteiger partial charge in [-0.1, -0.05) is 13.8 Å². The van der Waals surface area contributed by atoms with Crippen LogP contribution in [0, 0.1) is 17.7 Å². The molecule has 1 saturated heterocycles. The summed E-state index contributed by atoms with van der Waals surface area (Å²) in [5, 5.41) is 3.34. The van der Waals surface area contributed by atoms with Gasteiger partial charge in [0.15, 0.2) is 11.6 Å². The average Bonchev–Trinajstić information content (AvgIpc) is 2.35. The number of rotatable bonds is 3. The highest BCUT2D eigenvalue weighted by Gasteiger charge is 2.25. The van der Waals surface area contributed by atoms with Gasteiger partial charge in [-0.15, -0.1) is 0 Å². The minimum atomic E-state index is -0.171. The van der Waals surface area contributed by atoms with E-state index in [0.29, 0.717) is 29.8 Å². The lowest BCUT2D eigenvalue weighted by Gasteiger charge is -2.36. The van der Waals surface area contributed by atoms with E-state index >= 15 is 0 Å². The third kappa shape index (κ3) is 4.40. The van der Waals surface area contributed by atoms with Gasteiger partial charge in [0.2, 0.25) is 0 Å². The summed E-state index contributed by atoms with van der Waals surface area (Å²) >= 11 is 0. The fourth-order valence-corrected chi connectivity index (χ4v) is 3.02. The zero-order chi connectivity index (χ0) is 15.6. The van der Waals surface area contributed by atoms with Gasteiger partial charge in [0.1, 0.15) is 0 Å². The molecule has 2 unspecified atom stereocenters. The molecule has 1 aromatic heterocycles. The van der Waals surface area contributed by atoms with Crippen molar-refractivity contribution >= 4 is 5.82 Å². The van der Waals surface area contributed by atoms with E-state index in [4.69, 9.17) is 0 Å². The molecule has 1 aliphatic rings. The van der Waals surface area contributed by atoms with Crippen molar-refractivity contribution in [2.75, 3.05) is 18.0 Å². The topological polar surface area (TPSA) is 28.2 Å². The van der Waals surface area contributed by atoms with Gasteiger partial charge in [-0.3, -0.25) is 0 Å². The van der Waals surface area contributed by atoms with Crippen LogP contribution < -0.4 is 10.2 Å². The first-order valence-electron chi connectivity index (χ1n) is 7.89. The molecule has 21 heavy (non-hydrogen) atoms. The fraction of sp³-hybridized carbons (Fsp3) is 0.706. The predicted octanol–water partition coefficient (Wildman–Crippen LogP) is 3.59. The van der Waals surface area contributed by atoms with Crippen LogP contribution in [0.2, 0.25) is 0 Å². The van der Waals surface area contributed by atoms with Gasteiger partial charge < -0.3 is 10.2 Å². The number of hydrogen-bond acceptors (Lipinski definition) is 3. The number of hydrogen-bond donors (Lipinski definition) is 1. The van der Waals surface area contributed by atoms with Crippen LogP contribution in [0.3, 0.4) is 0 Å². The molecule has 0 spiro atoms. The van der Waals surface area contributed by atoms with Crippen LogP contribution in [0.4, 0.5) is 10.2 Å². The lowest BCUT2D eigenvalue weighted by molar-refractivity contribution is 0.352. The number of nitrogens with one attached hydrogen (secondary N) is 1. The summed E-state index contributed by atoms with van der Waals surface area (Å²) in [6, 6.07) is 1.77. The third-order valence-corrected chi connectivity index (χ3v) is 3.93. The van der Waals surface area contributed by atoms with E-state index in [0.717, 1.165) is 13.1 Å². The molecule has 1 aliphatic heterocycles. The molecule has 0 saturated carbocycles. The maximum atomic E-state index is 14.7. The van der Waals surface area contributed by atoms with E-state index < -0.39 is 0 Å². The van der Waals surface area contributed by atoms with Crippen molar-refractivity contribution in [2.45, 2.75) is 53.1 Å². The molecule has 0 aromatic carbocycles. The van der Waals surface area contributed by atoms with Crippen LogP contribution in [-0.2, 0) is 6.54 Å². The second-order valence-electron chi connectivity index (χ2n) is 7.56. The highest BCUT2D eigenvalue weighted by atomic mass is 19.1. The molecule has 2 atom stereocenters. The molecule has 0 radical (unpaired) electrons. The smallest absolute Gasteiger partial charge is 0.170 e. The van der Waals surface area contributed by atoms with Crippen molar-refractivity contribution in [3.8, 4) is 0 Å². The molecule has 1 N–H and O–H groups in total. The molecule has 0 aliphatic carbocycles. The van der Waals surface area contributed by atoms with Crippen molar-refractivity contribution in [1.29, 1.82) is 0 Å². The molecule has 118 valence electrons. The number of piperidine rings is 1. The van der Waals surface area contributed by atoms with Gasteiger partial charge in [0.05, 0.1) is 0 Å². The Kier molecular flexibility index (Phi) is 4.87. The maximum Gasteiger partial charge on any atom is 0.170 e. The first-order valence-corrected chi connectivity index (χ1v) is 7.89. The molecule has 3 nitrogen and oxygen atoms in total. The quantitative estimate of drug-likeness (QED) is 0.923. The Labute approximate surface area is 127 Å². The summed E-state index contributed by atoms with van der Waals surface area (Å²) in [5.74, 6) is 1.52. The molecule has 4 heteroatoms. The van der Waals surface area contributed by atoms with E-state index in [9.17, 15) is 4.39 Å². The van der Waals surface area contributed by atoms with Crippen LogP contribution in [-0.4, -0.2) is 23.6 Å². The Morgan fingerprint density at radius 2 is 1.90 bits per heavy atom.